The summed E-state index contributed by atoms with van der Waals surface area (Å²) in [5, 5.41) is 20.0. The molecule has 0 atom stereocenters. The lowest BCUT2D eigenvalue weighted by atomic mass is 10.1. The predicted molar refractivity (Wildman–Crippen MR) is 122 cm³/mol. The summed E-state index contributed by atoms with van der Waals surface area (Å²) >= 11 is 12.8. The van der Waals surface area contributed by atoms with E-state index in [0.717, 1.165) is 32.5 Å². The summed E-state index contributed by atoms with van der Waals surface area (Å²) in [5.41, 5.74) is 3.39. The number of amides is 1. The molecule has 4 rings (SSSR count). The van der Waals surface area contributed by atoms with Crippen LogP contribution in [-0.4, -0.2) is 30.8 Å². The minimum absolute atomic E-state index is 0.255. The van der Waals surface area contributed by atoms with Gasteiger partial charge in [0.2, 0.25) is 4.96 Å². The largest absolute Gasteiger partial charge is 0.358 e. The van der Waals surface area contributed by atoms with Crippen molar-refractivity contribution in [2.75, 3.05) is 0 Å². The number of aromatic nitrogens is 4. The number of halogens is 1. The Morgan fingerprint density at radius 1 is 1.17 bits per heavy atom. The maximum Gasteiger partial charge on any atom is 0.257 e. The van der Waals surface area contributed by atoms with Crippen molar-refractivity contribution in [2.45, 2.75) is 20.4 Å². The molecule has 0 radical (unpaired) electrons. The van der Waals surface area contributed by atoms with E-state index < -0.39 is 0 Å². The van der Waals surface area contributed by atoms with Gasteiger partial charge in [0.05, 0.1) is 0 Å². The zero-order chi connectivity index (χ0) is 21.3. The first-order valence-electron chi connectivity index (χ1n) is 9.04. The molecule has 0 unspecified atom stereocenters. The van der Waals surface area contributed by atoms with Gasteiger partial charge < -0.3 is 5.32 Å². The summed E-state index contributed by atoms with van der Waals surface area (Å²) in [7, 11) is 0. The normalized spacial score (nSPS) is 10.9. The number of nitrogens with one attached hydrogen (secondary N) is 2. The lowest BCUT2D eigenvalue weighted by Gasteiger charge is -2.10. The molecule has 2 aromatic carbocycles. The summed E-state index contributed by atoms with van der Waals surface area (Å²) in [6.45, 7) is 4.23. The summed E-state index contributed by atoms with van der Waals surface area (Å²) in [6, 6.07) is 13.1. The van der Waals surface area contributed by atoms with Crippen LogP contribution in [0.25, 0.3) is 15.5 Å². The first-order chi connectivity index (χ1) is 14.4. The molecular weight excluding hydrogens is 440 g/mol. The van der Waals surface area contributed by atoms with Crippen LogP contribution in [0.3, 0.4) is 0 Å². The number of benzene rings is 2. The fourth-order valence-electron chi connectivity index (χ4n) is 2.73. The van der Waals surface area contributed by atoms with Crippen LogP contribution in [0.15, 0.2) is 42.5 Å². The smallest absolute Gasteiger partial charge is 0.257 e. The van der Waals surface area contributed by atoms with Gasteiger partial charge in [-0.15, -0.1) is 10.2 Å². The Balaban J connectivity index is 1.34. The number of thiocarbonyl (C=S) groups is 1. The Bertz CT molecular complexity index is 1250. The summed E-state index contributed by atoms with van der Waals surface area (Å²) in [4.78, 5) is 13.1. The molecule has 0 bridgehead atoms. The molecule has 0 spiro atoms. The van der Waals surface area contributed by atoms with E-state index in [9.17, 15) is 4.79 Å². The van der Waals surface area contributed by atoms with E-state index in [-0.39, 0.29) is 11.0 Å². The first kappa shape index (κ1) is 20.4. The number of hydrogen-bond acceptors (Lipinski definition) is 6. The van der Waals surface area contributed by atoms with Gasteiger partial charge in [0.15, 0.2) is 10.9 Å². The summed E-state index contributed by atoms with van der Waals surface area (Å²) in [5.74, 6) is 0.458. The molecule has 0 aliphatic heterocycles. The van der Waals surface area contributed by atoms with E-state index in [0.29, 0.717) is 17.1 Å². The SMILES string of the molecule is Cc1ccc(C(=O)NC(=S)NCc2ccc(-c3nn4c(C)nnc4s3)cc2)cc1Cl. The minimum Gasteiger partial charge on any atom is -0.358 e. The second kappa shape index (κ2) is 8.47. The van der Waals surface area contributed by atoms with Crippen molar-refractivity contribution in [2.24, 2.45) is 0 Å². The number of hydrogen-bond donors (Lipinski definition) is 2. The van der Waals surface area contributed by atoms with E-state index in [1.54, 1.807) is 22.7 Å². The van der Waals surface area contributed by atoms with Crippen LogP contribution < -0.4 is 10.6 Å². The molecule has 7 nitrogen and oxygen atoms in total. The number of fused-ring (bicyclic) bond motifs is 1. The third kappa shape index (κ3) is 4.33. The van der Waals surface area contributed by atoms with Gasteiger partial charge in [0, 0.05) is 22.7 Å². The average molecular weight is 457 g/mol. The van der Waals surface area contributed by atoms with Crippen LogP contribution in [0, 0.1) is 13.8 Å². The van der Waals surface area contributed by atoms with Gasteiger partial charge in [-0.3, -0.25) is 10.1 Å². The van der Waals surface area contributed by atoms with Gasteiger partial charge >= 0.3 is 0 Å². The number of aryl methyl sites for hydroxylation is 2. The number of carbonyl (C=O) groups excluding carboxylic acids is 1. The highest BCUT2D eigenvalue weighted by molar-refractivity contribution is 7.80. The van der Waals surface area contributed by atoms with Gasteiger partial charge in [-0.05, 0) is 49.3 Å². The molecule has 1 amide bonds. The molecule has 0 fully saturated rings. The Morgan fingerprint density at radius 3 is 2.63 bits per heavy atom. The maximum absolute atomic E-state index is 12.3. The van der Waals surface area contributed by atoms with E-state index in [1.807, 2.05) is 38.1 Å². The highest BCUT2D eigenvalue weighted by atomic mass is 35.5. The quantitative estimate of drug-likeness (QED) is 0.453. The second-order valence-corrected chi connectivity index (χ2v) is 8.42. The maximum atomic E-state index is 12.3. The standard InChI is InChI=1S/C20H17ClN6OS2/c1-11-3-6-15(9-16(11)21)17(28)23-19(29)22-10-13-4-7-14(8-5-13)18-26-27-12(2)24-25-20(27)30-18/h3-9H,10H2,1-2H3,(H2,22,23,28,29). The Hall–Kier alpha value is -2.88. The zero-order valence-corrected chi connectivity index (χ0v) is 18.5. The molecule has 2 heterocycles. The van der Waals surface area contributed by atoms with Gasteiger partial charge in [-0.1, -0.05) is 53.3 Å². The Labute approximate surface area is 187 Å². The fourth-order valence-corrected chi connectivity index (χ4v) is 3.97. The van der Waals surface area contributed by atoms with Crippen LogP contribution in [0.4, 0.5) is 0 Å². The third-order valence-corrected chi connectivity index (χ3v) is 6.06. The highest BCUT2D eigenvalue weighted by Crippen LogP contribution is 2.25. The summed E-state index contributed by atoms with van der Waals surface area (Å²) < 4.78 is 1.73. The Morgan fingerprint density at radius 2 is 1.93 bits per heavy atom. The van der Waals surface area contributed by atoms with Crippen LogP contribution in [0.5, 0.6) is 0 Å². The molecule has 2 N–H and O–H groups in total. The molecule has 30 heavy (non-hydrogen) atoms. The van der Waals surface area contributed by atoms with Gasteiger partial charge in [-0.2, -0.15) is 9.61 Å². The van der Waals surface area contributed by atoms with Crippen molar-refractivity contribution < 1.29 is 4.79 Å². The van der Waals surface area contributed by atoms with Crippen LogP contribution in [0.2, 0.25) is 5.02 Å². The monoisotopic (exact) mass is 456 g/mol. The van der Waals surface area contributed by atoms with Crippen LogP contribution in [-0.2, 0) is 6.54 Å². The molecule has 4 aromatic rings. The molecule has 0 aliphatic carbocycles. The minimum atomic E-state index is -0.302. The zero-order valence-electron chi connectivity index (χ0n) is 16.1. The van der Waals surface area contributed by atoms with E-state index >= 15 is 0 Å². The molecule has 0 saturated heterocycles. The van der Waals surface area contributed by atoms with Crippen molar-refractivity contribution in [3.63, 3.8) is 0 Å². The van der Waals surface area contributed by atoms with Gasteiger partial charge in [-0.25, -0.2) is 0 Å². The number of rotatable bonds is 4. The Kier molecular flexibility index (Phi) is 5.76. The first-order valence-corrected chi connectivity index (χ1v) is 10.6. The lowest BCUT2D eigenvalue weighted by Crippen LogP contribution is -2.38. The number of carbonyl (C=O) groups is 1. The van der Waals surface area contributed by atoms with Crippen molar-refractivity contribution in [1.82, 2.24) is 30.4 Å². The predicted octanol–water partition coefficient (Wildman–Crippen LogP) is 3.93. The number of nitrogens with zero attached hydrogens (tertiary/aromatic N) is 4. The molecule has 0 saturated carbocycles. The molecule has 0 aliphatic rings. The van der Waals surface area contributed by atoms with Crippen LogP contribution in [0.1, 0.15) is 27.3 Å². The highest BCUT2D eigenvalue weighted by Gasteiger charge is 2.11. The van der Waals surface area contributed by atoms with Gasteiger partial charge in [0.25, 0.3) is 5.91 Å². The third-order valence-electron chi connectivity index (χ3n) is 4.46. The summed E-state index contributed by atoms with van der Waals surface area (Å²) in [6.07, 6.45) is 0. The topological polar surface area (TPSA) is 84.2 Å². The van der Waals surface area contributed by atoms with E-state index in [1.165, 1.54) is 11.3 Å². The average Bonchev–Trinajstić information content (AvgIpc) is 3.31. The molecule has 10 heteroatoms. The molecule has 2 aromatic heterocycles. The van der Waals surface area contributed by atoms with Crippen molar-refractivity contribution in [3.8, 4) is 10.6 Å². The van der Waals surface area contributed by atoms with Crippen molar-refractivity contribution >= 4 is 51.1 Å². The molecular formula is C20H17ClN6OS2. The van der Waals surface area contributed by atoms with Crippen molar-refractivity contribution in [3.05, 3.63) is 70.0 Å². The van der Waals surface area contributed by atoms with E-state index in [4.69, 9.17) is 23.8 Å². The van der Waals surface area contributed by atoms with Crippen molar-refractivity contribution in [1.29, 1.82) is 0 Å². The fraction of sp³-hybridized carbons (Fsp3) is 0.150. The lowest BCUT2D eigenvalue weighted by molar-refractivity contribution is 0.0976. The second-order valence-electron chi connectivity index (χ2n) is 6.65. The van der Waals surface area contributed by atoms with Crippen LogP contribution >= 0.6 is 35.2 Å². The molecule has 152 valence electrons. The van der Waals surface area contributed by atoms with Gasteiger partial charge in [0.1, 0.15) is 5.01 Å². The van der Waals surface area contributed by atoms with E-state index in [2.05, 4.69) is 25.9 Å².